The summed E-state index contributed by atoms with van der Waals surface area (Å²) in [7, 11) is 1.75. The molecule has 21 heavy (non-hydrogen) atoms. The van der Waals surface area contributed by atoms with Gasteiger partial charge in [0.2, 0.25) is 11.8 Å². The van der Waals surface area contributed by atoms with E-state index < -0.39 is 0 Å². The minimum atomic E-state index is -0.137. The lowest BCUT2D eigenvalue weighted by Gasteiger charge is -2.18. The number of nitrogens with zero attached hydrogens (tertiary/aromatic N) is 1. The van der Waals surface area contributed by atoms with Gasteiger partial charge in [-0.2, -0.15) is 0 Å². The first-order chi connectivity index (χ1) is 9.66. The van der Waals surface area contributed by atoms with Gasteiger partial charge < -0.3 is 15.5 Å². The van der Waals surface area contributed by atoms with Crippen LogP contribution in [0.4, 0.5) is 0 Å². The SMILES string of the molecule is CN(Cc1ccccc1)C(=O)CNC(=O)C1CCCN1.Cl. The lowest BCUT2D eigenvalue weighted by atomic mass is 10.2. The van der Waals surface area contributed by atoms with E-state index in [1.807, 2.05) is 30.3 Å². The number of carbonyl (C=O) groups excluding carboxylic acids is 2. The molecule has 0 aromatic heterocycles. The fraction of sp³-hybridized carbons (Fsp3) is 0.467. The van der Waals surface area contributed by atoms with Gasteiger partial charge in [0.25, 0.3) is 0 Å². The van der Waals surface area contributed by atoms with Crippen molar-refractivity contribution in [3.63, 3.8) is 0 Å². The number of hydrogen-bond acceptors (Lipinski definition) is 3. The van der Waals surface area contributed by atoms with Gasteiger partial charge >= 0.3 is 0 Å². The Labute approximate surface area is 131 Å². The molecular weight excluding hydrogens is 290 g/mol. The van der Waals surface area contributed by atoms with E-state index in [9.17, 15) is 9.59 Å². The monoisotopic (exact) mass is 311 g/mol. The first-order valence-corrected chi connectivity index (χ1v) is 6.96. The largest absolute Gasteiger partial charge is 0.346 e. The summed E-state index contributed by atoms with van der Waals surface area (Å²) in [4.78, 5) is 25.4. The van der Waals surface area contributed by atoms with Gasteiger partial charge in [0.15, 0.2) is 0 Å². The maximum atomic E-state index is 12.0. The number of carbonyl (C=O) groups is 2. The van der Waals surface area contributed by atoms with Crippen LogP contribution in [-0.2, 0) is 16.1 Å². The zero-order valence-electron chi connectivity index (χ0n) is 12.2. The zero-order valence-corrected chi connectivity index (χ0v) is 13.0. The van der Waals surface area contributed by atoms with Crippen LogP contribution in [0.15, 0.2) is 30.3 Å². The molecule has 1 aliphatic rings. The molecule has 2 amide bonds. The molecule has 2 rings (SSSR count). The Balaban J connectivity index is 0.00000220. The number of hydrogen-bond donors (Lipinski definition) is 2. The van der Waals surface area contributed by atoms with Crippen LogP contribution >= 0.6 is 12.4 Å². The van der Waals surface area contributed by atoms with Crippen molar-refractivity contribution < 1.29 is 9.59 Å². The van der Waals surface area contributed by atoms with E-state index >= 15 is 0 Å². The predicted molar refractivity (Wildman–Crippen MR) is 84.2 cm³/mol. The highest BCUT2D eigenvalue weighted by molar-refractivity contribution is 5.87. The summed E-state index contributed by atoms with van der Waals surface area (Å²) in [5, 5.41) is 5.81. The molecule has 0 saturated carbocycles. The highest BCUT2D eigenvalue weighted by Crippen LogP contribution is 2.05. The Bertz CT molecular complexity index is 461. The van der Waals surface area contributed by atoms with Crippen molar-refractivity contribution in [2.24, 2.45) is 0 Å². The third kappa shape index (κ3) is 5.36. The van der Waals surface area contributed by atoms with Crippen LogP contribution in [0.3, 0.4) is 0 Å². The fourth-order valence-electron chi connectivity index (χ4n) is 2.27. The summed E-state index contributed by atoms with van der Waals surface area (Å²) < 4.78 is 0. The van der Waals surface area contributed by atoms with Crippen LogP contribution in [0.25, 0.3) is 0 Å². The molecule has 0 bridgehead atoms. The number of likely N-dealkylation sites (N-methyl/N-ethyl adjacent to an activating group) is 1. The van der Waals surface area contributed by atoms with E-state index in [-0.39, 0.29) is 36.8 Å². The van der Waals surface area contributed by atoms with Crippen molar-refractivity contribution in [1.82, 2.24) is 15.5 Å². The third-order valence-electron chi connectivity index (χ3n) is 3.48. The van der Waals surface area contributed by atoms with Crippen LogP contribution < -0.4 is 10.6 Å². The van der Waals surface area contributed by atoms with Crippen LogP contribution in [0, 0.1) is 0 Å². The van der Waals surface area contributed by atoms with Gasteiger partial charge in [0, 0.05) is 13.6 Å². The molecule has 1 saturated heterocycles. The molecule has 6 heteroatoms. The van der Waals surface area contributed by atoms with Gasteiger partial charge in [-0.25, -0.2) is 0 Å². The van der Waals surface area contributed by atoms with Crippen molar-refractivity contribution in [2.45, 2.75) is 25.4 Å². The fourth-order valence-corrected chi connectivity index (χ4v) is 2.27. The normalized spacial score (nSPS) is 16.9. The van der Waals surface area contributed by atoms with Crippen LogP contribution in [0.1, 0.15) is 18.4 Å². The summed E-state index contributed by atoms with van der Waals surface area (Å²) in [5.41, 5.74) is 1.08. The molecule has 0 aliphatic carbocycles. The van der Waals surface area contributed by atoms with Gasteiger partial charge in [-0.05, 0) is 24.9 Å². The molecule has 0 radical (unpaired) electrons. The van der Waals surface area contributed by atoms with Gasteiger partial charge in [0.1, 0.15) is 0 Å². The third-order valence-corrected chi connectivity index (χ3v) is 3.48. The lowest BCUT2D eigenvalue weighted by Crippen LogP contribution is -2.44. The smallest absolute Gasteiger partial charge is 0.242 e. The second-order valence-corrected chi connectivity index (χ2v) is 5.10. The maximum absolute atomic E-state index is 12.0. The van der Waals surface area contributed by atoms with Crippen LogP contribution in [0.2, 0.25) is 0 Å². The topological polar surface area (TPSA) is 61.4 Å². The summed E-state index contributed by atoms with van der Waals surface area (Å²) in [6.45, 7) is 1.48. The lowest BCUT2D eigenvalue weighted by molar-refractivity contribution is -0.132. The van der Waals surface area contributed by atoms with Gasteiger partial charge in [-0.15, -0.1) is 12.4 Å². The number of rotatable bonds is 5. The first kappa shape index (κ1) is 17.5. The maximum Gasteiger partial charge on any atom is 0.242 e. The Morgan fingerprint density at radius 3 is 2.67 bits per heavy atom. The molecule has 1 aromatic carbocycles. The zero-order chi connectivity index (χ0) is 14.4. The van der Waals surface area contributed by atoms with Crippen LogP contribution in [-0.4, -0.2) is 42.9 Å². The molecule has 1 aliphatic heterocycles. The van der Waals surface area contributed by atoms with Crippen molar-refractivity contribution in [3.05, 3.63) is 35.9 Å². The molecule has 1 atom stereocenters. The molecule has 1 heterocycles. The average molecular weight is 312 g/mol. The Morgan fingerprint density at radius 1 is 1.33 bits per heavy atom. The number of amides is 2. The molecule has 1 unspecified atom stereocenters. The van der Waals surface area contributed by atoms with E-state index in [1.54, 1.807) is 11.9 Å². The first-order valence-electron chi connectivity index (χ1n) is 6.96. The number of nitrogens with one attached hydrogen (secondary N) is 2. The second-order valence-electron chi connectivity index (χ2n) is 5.10. The summed E-state index contributed by atoms with van der Waals surface area (Å²) in [6, 6.07) is 9.65. The standard InChI is InChI=1S/C15H21N3O2.ClH/c1-18(11-12-6-3-2-4-7-12)14(19)10-17-15(20)13-8-5-9-16-13;/h2-4,6-7,13,16H,5,8-11H2,1H3,(H,17,20);1H. The highest BCUT2D eigenvalue weighted by Gasteiger charge is 2.22. The van der Waals surface area contributed by atoms with E-state index in [1.165, 1.54) is 0 Å². The number of benzene rings is 1. The van der Waals surface area contributed by atoms with Crippen LogP contribution in [0.5, 0.6) is 0 Å². The quantitative estimate of drug-likeness (QED) is 0.850. The Hall–Kier alpha value is -1.59. The summed E-state index contributed by atoms with van der Waals surface area (Å²) in [5.74, 6) is -0.163. The summed E-state index contributed by atoms with van der Waals surface area (Å²) >= 11 is 0. The van der Waals surface area contributed by atoms with E-state index in [2.05, 4.69) is 10.6 Å². The Kier molecular flexibility index (Phi) is 7.19. The number of halogens is 1. The molecule has 1 fully saturated rings. The molecule has 5 nitrogen and oxygen atoms in total. The van der Waals surface area contributed by atoms with E-state index in [0.717, 1.165) is 24.9 Å². The summed E-state index contributed by atoms with van der Waals surface area (Å²) in [6.07, 6.45) is 1.86. The van der Waals surface area contributed by atoms with E-state index in [4.69, 9.17) is 0 Å². The predicted octanol–water partition coefficient (Wildman–Crippen LogP) is 0.935. The molecule has 116 valence electrons. The van der Waals surface area contributed by atoms with Gasteiger partial charge in [-0.1, -0.05) is 30.3 Å². The molecule has 0 spiro atoms. The molecule has 2 N–H and O–H groups in total. The second kappa shape index (κ2) is 8.64. The van der Waals surface area contributed by atoms with Crippen molar-refractivity contribution in [3.8, 4) is 0 Å². The van der Waals surface area contributed by atoms with Crippen molar-refractivity contribution in [2.75, 3.05) is 20.1 Å². The Morgan fingerprint density at radius 2 is 2.05 bits per heavy atom. The molecular formula is C15H22ClN3O2. The van der Waals surface area contributed by atoms with Crippen molar-refractivity contribution >= 4 is 24.2 Å². The minimum Gasteiger partial charge on any atom is -0.346 e. The van der Waals surface area contributed by atoms with E-state index in [0.29, 0.717) is 6.54 Å². The molecule has 1 aromatic rings. The highest BCUT2D eigenvalue weighted by atomic mass is 35.5. The van der Waals surface area contributed by atoms with Gasteiger partial charge in [0.05, 0.1) is 12.6 Å². The average Bonchev–Trinajstić information content (AvgIpc) is 2.99. The van der Waals surface area contributed by atoms with Crippen molar-refractivity contribution in [1.29, 1.82) is 0 Å². The van der Waals surface area contributed by atoms with Gasteiger partial charge in [-0.3, -0.25) is 9.59 Å². The minimum absolute atomic E-state index is 0.